The van der Waals surface area contributed by atoms with Crippen molar-refractivity contribution in [2.75, 3.05) is 12.8 Å². The van der Waals surface area contributed by atoms with Crippen molar-refractivity contribution in [1.82, 2.24) is 10.3 Å². The van der Waals surface area contributed by atoms with Gasteiger partial charge < -0.3 is 9.73 Å². The van der Waals surface area contributed by atoms with E-state index in [1.165, 1.54) is 0 Å². The third kappa shape index (κ3) is 6.02. The standard InChI is InChI=1S/C11H18N2O2S2/c1-8(2)5-12-10(14)4-9-6-13-11(15-9)7-17-16-3/h6,8H,4-5,7H2,1-3H3,(H,12,14). The Morgan fingerprint density at radius 2 is 2.35 bits per heavy atom. The van der Waals surface area contributed by atoms with Crippen molar-refractivity contribution in [2.24, 2.45) is 5.92 Å². The first kappa shape index (κ1) is 14.4. The van der Waals surface area contributed by atoms with Gasteiger partial charge in [-0.1, -0.05) is 35.4 Å². The summed E-state index contributed by atoms with van der Waals surface area (Å²) in [6.07, 6.45) is 3.91. The zero-order chi connectivity index (χ0) is 12.7. The van der Waals surface area contributed by atoms with Crippen LogP contribution in [0.4, 0.5) is 0 Å². The molecule has 0 aliphatic rings. The predicted octanol–water partition coefficient (Wildman–Crippen LogP) is 2.50. The summed E-state index contributed by atoms with van der Waals surface area (Å²) in [5.41, 5.74) is 0. The predicted molar refractivity (Wildman–Crippen MR) is 72.9 cm³/mol. The number of nitrogens with one attached hydrogen (secondary N) is 1. The van der Waals surface area contributed by atoms with Crippen LogP contribution in [0, 0.1) is 5.92 Å². The lowest BCUT2D eigenvalue weighted by Gasteiger charge is -2.05. The van der Waals surface area contributed by atoms with Crippen LogP contribution in [-0.4, -0.2) is 23.7 Å². The van der Waals surface area contributed by atoms with Crippen molar-refractivity contribution in [3.63, 3.8) is 0 Å². The Balaban J connectivity index is 2.35. The van der Waals surface area contributed by atoms with Crippen LogP contribution in [-0.2, 0) is 17.0 Å². The average Bonchev–Trinajstić information content (AvgIpc) is 2.71. The molecule has 0 spiro atoms. The first-order valence-corrected chi connectivity index (χ1v) is 8.20. The Labute approximate surface area is 110 Å². The fraction of sp³-hybridized carbons (Fsp3) is 0.636. The van der Waals surface area contributed by atoms with Crippen LogP contribution in [0.5, 0.6) is 0 Å². The topological polar surface area (TPSA) is 55.1 Å². The smallest absolute Gasteiger partial charge is 0.227 e. The molecule has 0 aromatic carbocycles. The zero-order valence-electron chi connectivity index (χ0n) is 10.4. The number of rotatable bonds is 7. The lowest BCUT2D eigenvalue weighted by atomic mass is 10.2. The second-order valence-corrected chi connectivity index (χ2v) is 6.59. The summed E-state index contributed by atoms with van der Waals surface area (Å²) in [7, 11) is 3.34. The molecule has 1 amide bonds. The minimum Gasteiger partial charge on any atom is -0.444 e. The third-order valence-electron chi connectivity index (χ3n) is 1.94. The van der Waals surface area contributed by atoms with Crippen LogP contribution < -0.4 is 5.32 Å². The number of nitrogens with zero attached hydrogens (tertiary/aromatic N) is 1. The maximum absolute atomic E-state index is 11.5. The van der Waals surface area contributed by atoms with Crippen molar-refractivity contribution in [3.05, 3.63) is 17.8 Å². The van der Waals surface area contributed by atoms with E-state index in [-0.39, 0.29) is 12.3 Å². The SMILES string of the molecule is CSSCc1ncc(CC(=O)NCC(C)C)o1. The number of oxazole rings is 1. The van der Waals surface area contributed by atoms with E-state index in [1.807, 2.05) is 6.26 Å². The molecule has 1 rings (SSSR count). The number of hydrogen-bond acceptors (Lipinski definition) is 5. The summed E-state index contributed by atoms with van der Waals surface area (Å²) in [5.74, 6) is 2.48. The molecule has 1 heterocycles. The van der Waals surface area contributed by atoms with E-state index in [2.05, 4.69) is 24.1 Å². The van der Waals surface area contributed by atoms with E-state index in [4.69, 9.17) is 4.42 Å². The van der Waals surface area contributed by atoms with Crippen LogP contribution in [0.25, 0.3) is 0 Å². The van der Waals surface area contributed by atoms with Gasteiger partial charge >= 0.3 is 0 Å². The minimum atomic E-state index is -0.0149. The maximum atomic E-state index is 11.5. The van der Waals surface area contributed by atoms with Gasteiger partial charge in [0.2, 0.25) is 11.8 Å². The van der Waals surface area contributed by atoms with Crippen molar-refractivity contribution in [1.29, 1.82) is 0 Å². The van der Waals surface area contributed by atoms with Crippen LogP contribution in [0.2, 0.25) is 0 Å². The number of carbonyl (C=O) groups is 1. The van der Waals surface area contributed by atoms with Crippen LogP contribution in [0.3, 0.4) is 0 Å². The van der Waals surface area contributed by atoms with E-state index in [0.29, 0.717) is 24.1 Å². The van der Waals surface area contributed by atoms with Gasteiger partial charge in [0.25, 0.3) is 0 Å². The molecule has 17 heavy (non-hydrogen) atoms. The minimum absolute atomic E-state index is 0.0149. The van der Waals surface area contributed by atoms with E-state index in [9.17, 15) is 4.79 Å². The summed E-state index contributed by atoms with van der Waals surface area (Å²) in [6, 6.07) is 0. The van der Waals surface area contributed by atoms with Gasteiger partial charge in [-0.05, 0) is 12.2 Å². The average molecular weight is 274 g/mol. The monoisotopic (exact) mass is 274 g/mol. The first-order chi connectivity index (χ1) is 8.11. The summed E-state index contributed by atoms with van der Waals surface area (Å²) < 4.78 is 5.46. The van der Waals surface area contributed by atoms with Gasteiger partial charge in [0, 0.05) is 6.54 Å². The lowest BCUT2D eigenvalue weighted by molar-refractivity contribution is -0.120. The fourth-order valence-corrected chi connectivity index (χ4v) is 2.15. The number of amides is 1. The van der Waals surface area contributed by atoms with Gasteiger partial charge in [0.1, 0.15) is 5.76 Å². The number of aromatic nitrogens is 1. The summed E-state index contributed by atoms with van der Waals surface area (Å²) in [4.78, 5) is 15.7. The molecule has 1 N–H and O–H groups in total. The second kappa shape index (κ2) is 7.66. The highest BCUT2D eigenvalue weighted by molar-refractivity contribution is 8.76. The van der Waals surface area contributed by atoms with Crippen molar-refractivity contribution >= 4 is 27.5 Å². The molecule has 0 aliphatic heterocycles. The van der Waals surface area contributed by atoms with Crippen molar-refractivity contribution in [3.8, 4) is 0 Å². The number of hydrogen-bond donors (Lipinski definition) is 1. The molecule has 0 aliphatic carbocycles. The molecule has 0 radical (unpaired) electrons. The Kier molecular flexibility index (Phi) is 6.50. The van der Waals surface area contributed by atoms with Crippen LogP contribution in [0.1, 0.15) is 25.5 Å². The van der Waals surface area contributed by atoms with Gasteiger partial charge in [-0.25, -0.2) is 4.98 Å². The summed E-state index contributed by atoms with van der Waals surface area (Å²) in [6.45, 7) is 4.82. The molecular formula is C11H18N2O2S2. The molecule has 4 nitrogen and oxygen atoms in total. The van der Waals surface area contributed by atoms with Crippen LogP contribution >= 0.6 is 21.6 Å². The molecule has 0 bridgehead atoms. The Morgan fingerprint density at radius 1 is 1.59 bits per heavy atom. The third-order valence-corrected chi connectivity index (χ3v) is 3.61. The maximum Gasteiger partial charge on any atom is 0.227 e. The van der Waals surface area contributed by atoms with E-state index in [0.717, 1.165) is 5.75 Å². The highest BCUT2D eigenvalue weighted by Crippen LogP contribution is 2.22. The van der Waals surface area contributed by atoms with Gasteiger partial charge in [-0.3, -0.25) is 4.79 Å². The van der Waals surface area contributed by atoms with Gasteiger partial charge in [0.15, 0.2) is 0 Å². The molecule has 1 aromatic heterocycles. The van der Waals surface area contributed by atoms with Crippen molar-refractivity contribution < 1.29 is 9.21 Å². The Bertz CT molecular complexity index is 353. The fourth-order valence-electron chi connectivity index (χ4n) is 1.14. The molecule has 6 heteroatoms. The quantitative estimate of drug-likeness (QED) is 0.774. The van der Waals surface area contributed by atoms with Crippen molar-refractivity contribution in [2.45, 2.75) is 26.0 Å². The van der Waals surface area contributed by atoms with Gasteiger partial charge in [-0.15, -0.1) is 0 Å². The highest BCUT2D eigenvalue weighted by atomic mass is 33.1. The van der Waals surface area contributed by atoms with E-state index in [1.54, 1.807) is 27.8 Å². The Hall–Kier alpha value is -0.620. The van der Waals surface area contributed by atoms with E-state index >= 15 is 0 Å². The highest BCUT2D eigenvalue weighted by Gasteiger charge is 2.09. The molecule has 0 unspecified atom stereocenters. The molecule has 96 valence electrons. The summed E-state index contributed by atoms with van der Waals surface area (Å²) in [5, 5.41) is 2.85. The molecule has 0 saturated heterocycles. The largest absolute Gasteiger partial charge is 0.444 e. The molecule has 0 atom stereocenters. The molecule has 0 saturated carbocycles. The normalized spacial score (nSPS) is 10.8. The van der Waals surface area contributed by atoms with E-state index < -0.39 is 0 Å². The Morgan fingerprint density at radius 3 is 3.00 bits per heavy atom. The van der Waals surface area contributed by atoms with Gasteiger partial charge in [0.05, 0.1) is 18.4 Å². The van der Waals surface area contributed by atoms with Crippen LogP contribution in [0.15, 0.2) is 10.6 Å². The molecular weight excluding hydrogens is 256 g/mol. The number of carbonyl (C=O) groups excluding carboxylic acids is 1. The molecule has 0 fully saturated rings. The zero-order valence-corrected chi connectivity index (χ0v) is 12.0. The summed E-state index contributed by atoms with van der Waals surface area (Å²) >= 11 is 0. The van der Waals surface area contributed by atoms with Gasteiger partial charge in [-0.2, -0.15) is 0 Å². The molecule has 1 aromatic rings. The lowest BCUT2D eigenvalue weighted by Crippen LogP contribution is -2.28. The second-order valence-electron chi connectivity index (χ2n) is 4.02. The first-order valence-electron chi connectivity index (χ1n) is 5.47.